The number of aromatic nitrogens is 1. The third kappa shape index (κ3) is 3.70. The standard InChI is InChI=1S/C23H23F2N3O5/c1-11-6-15(24)13(16(25)7-11)8-26-21(31)14-9-28-17-10-27(12(2)4-5-23(17,3)33)22(32)18(28)20(30)19(14)29/h4-7,9,12,17,30,33H,8,10H2,1-3H3,(H,26,31)/t12-,17+,23-/m0/s1/i3D3. The molecule has 33 heavy (non-hydrogen) atoms. The summed E-state index contributed by atoms with van der Waals surface area (Å²) in [5.74, 6) is -4.87. The number of nitrogens with zero attached hydrogens (tertiary/aromatic N) is 2. The molecule has 2 aromatic rings. The summed E-state index contributed by atoms with van der Waals surface area (Å²) < 4.78 is 52.9. The smallest absolute Gasteiger partial charge is 0.275 e. The average molecular weight is 462 g/mol. The fourth-order valence-corrected chi connectivity index (χ4v) is 4.10. The summed E-state index contributed by atoms with van der Waals surface area (Å²) in [6.07, 6.45) is 3.26. The number of nitrogens with one attached hydrogen (secondary N) is 1. The van der Waals surface area contributed by atoms with Gasteiger partial charge in [-0.05, 0) is 38.4 Å². The summed E-state index contributed by atoms with van der Waals surface area (Å²) >= 11 is 0. The van der Waals surface area contributed by atoms with Gasteiger partial charge in [0.25, 0.3) is 11.8 Å². The minimum absolute atomic E-state index is 0.294. The number of hydrogen-bond donors (Lipinski definition) is 3. The van der Waals surface area contributed by atoms with Gasteiger partial charge in [-0.25, -0.2) is 8.78 Å². The van der Waals surface area contributed by atoms with Gasteiger partial charge in [0.05, 0.1) is 6.04 Å². The number of aliphatic hydroxyl groups is 1. The van der Waals surface area contributed by atoms with Gasteiger partial charge in [-0.2, -0.15) is 0 Å². The summed E-state index contributed by atoms with van der Waals surface area (Å²) in [7, 11) is 0. The van der Waals surface area contributed by atoms with Gasteiger partial charge in [0.2, 0.25) is 5.43 Å². The second-order valence-corrected chi connectivity index (χ2v) is 8.26. The average Bonchev–Trinajstić information content (AvgIpc) is 2.89. The highest BCUT2D eigenvalue weighted by Gasteiger charge is 2.45. The molecule has 0 saturated carbocycles. The van der Waals surface area contributed by atoms with Gasteiger partial charge in [0, 0.05) is 35.0 Å². The monoisotopic (exact) mass is 462 g/mol. The van der Waals surface area contributed by atoms with E-state index >= 15 is 0 Å². The normalized spacial score (nSPS) is 25.5. The van der Waals surface area contributed by atoms with E-state index in [0.717, 1.165) is 29.0 Å². The zero-order chi connectivity index (χ0) is 26.7. The Hall–Kier alpha value is -3.53. The minimum atomic E-state index is -2.98. The molecule has 0 spiro atoms. The molecule has 2 aliphatic heterocycles. The second kappa shape index (κ2) is 7.80. The predicted octanol–water partition coefficient (Wildman–Crippen LogP) is 1.78. The molecule has 0 unspecified atom stereocenters. The van der Waals surface area contributed by atoms with Crippen molar-refractivity contribution in [2.75, 3.05) is 6.54 Å². The topological polar surface area (TPSA) is 112 Å². The van der Waals surface area contributed by atoms with Crippen LogP contribution in [-0.4, -0.2) is 49.7 Å². The zero-order valence-electron chi connectivity index (χ0n) is 20.7. The minimum Gasteiger partial charge on any atom is -0.503 e. The van der Waals surface area contributed by atoms with Crippen molar-refractivity contribution in [3.63, 3.8) is 0 Å². The van der Waals surface area contributed by atoms with Crippen LogP contribution in [-0.2, 0) is 6.54 Å². The van der Waals surface area contributed by atoms with E-state index in [9.17, 15) is 33.4 Å². The second-order valence-electron chi connectivity index (χ2n) is 8.26. The first-order valence-corrected chi connectivity index (χ1v) is 10.1. The maximum atomic E-state index is 14.2. The number of benzene rings is 1. The van der Waals surface area contributed by atoms with E-state index in [1.54, 1.807) is 6.92 Å². The summed E-state index contributed by atoms with van der Waals surface area (Å²) in [6.45, 7) is -0.847. The van der Waals surface area contributed by atoms with Gasteiger partial charge in [-0.1, -0.05) is 12.2 Å². The first-order valence-electron chi connectivity index (χ1n) is 11.6. The quantitative estimate of drug-likeness (QED) is 0.602. The van der Waals surface area contributed by atoms with Crippen molar-refractivity contribution in [1.29, 1.82) is 0 Å². The number of carbonyl (C=O) groups is 2. The lowest BCUT2D eigenvalue weighted by atomic mass is 9.93. The lowest BCUT2D eigenvalue weighted by molar-refractivity contribution is 0.0205. The van der Waals surface area contributed by atoms with Gasteiger partial charge >= 0.3 is 0 Å². The molecule has 1 aromatic heterocycles. The molecule has 3 atom stereocenters. The van der Waals surface area contributed by atoms with Crippen LogP contribution in [0, 0.1) is 18.6 Å². The van der Waals surface area contributed by atoms with E-state index in [1.165, 1.54) is 17.9 Å². The molecule has 0 aliphatic carbocycles. The Kier molecular flexibility index (Phi) is 4.49. The molecule has 2 bridgehead atoms. The molecule has 0 radical (unpaired) electrons. The van der Waals surface area contributed by atoms with Crippen molar-refractivity contribution in [3.05, 3.63) is 74.7 Å². The van der Waals surface area contributed by atoms with Gasteiger partial charge in [-0.15, -0.1) is 0 Å². The van der Waals surface area contributed by atoms with Crippen molar-refractivity contribution in [1.82, 2.24) is 14.8 Å². The van der Waals surface area contributed by atoms with E-state index in [-0.39, 0.29) is 6.54 Å². The largest absolute Gasteiger partial charge is 0.503 e. The molecular weight excluding hydrogens is 436 g/mol. The molecular formula is C23H23F2N3O5. The number of aryl methyl sites for hydroxylation is 1. The van der Waals surface area contributed by atoms with Crippen molar-refractivity contribution >= 4 is 11.8 Å². The number of aromatic hydroxyl groups is 1. The molecule has 0 fully saturated rings. The number of hydrogen-bond acceptors (Lipinski definition) is 5. The van der Waals surface area contributed by atoms with Crippen molar-refractivity contribution in [2.24, 2.45) is 0 Å². The first-order chi connectivity index (χ1) is 16.7. The SMILES string of the molecule is [2H]C([2H])([2H])[C@]1(O)C=C[C@H](C)N2C[C@H]1n1cc(C(=O)NCc3c(F)cc(C)cc3F)c(=O)c(O)c1C2=O. The van der Waals surface area contributed by atoms with Crippen LogP contribution in [0.3, 0.4) is 0 Å². The van der Waals surface area contributed by atoms with Crippen molar-refractivity contribution < 1.29 is 32.7 Å². The van der Waals surface area contributed by atoms with E-state index in [4.69, 9.17) is 4.11 Å². The van der Waals surface area contributed by atoms with Crippen LogP contribution in [0.5, 0.6) is 5.75 Å². The van der Waals surface area contributed by atoms with Crippen molar-refractivity contribution in [2.45, 2.75) is 44.9 Å². The predicted molar refractivity (Wildman–Crippen MR) is 114 cm³/mol. The molecule has 3 N–H and O–H groups in total. The van der Waals surface area contributed by atoms with Crippen LogP contribution in [0.1, 0.15) is 55.9 Å². The van der Waals surface area contributed by atoms with Crippen molar-refractivity contribution in [3.8, 4) is 5.75 Å². The number of halogens is 2. The Labute approximate surface area is 192 Å². The fourth-order valence-electron chi connectivity index (χ4n) is 4.10. The Morgan fingerprint density at radius 3 is 2.64 bits per heavy atom. The Morgan fingerprint density at radius 1 is 1.33 bits per heavy atom. The molecule has 4 rings (SSSR count). The lowest BCUT2D eigenvalue weighted by Crippen LogP contribution is -2.51. The third-order valence-corrected chi connectivity index (χ3v) is 5.96. The molecule has 10 heteroatoms. The first kappa shape index (κ1) is 19.0. The van der Waals surface area contributed by atoms with Crippen LogP contribution in [0.15, 0.2) is 35.3 Å². The Morgan fingerprint density at radius 2 is 2.00 bits per heavy atom. The summed E-state index contributed by atoms with van der Waals surface area (Å²) in [5, 5.41) is 24.1. The molecule has 0 saturated heterocycles. The highest BCUT2D eigenvalue weighted by molar-refractivity contribution is 5.99. The molecule has 1 aromatic carbocycles. The van der Waals surface area contributed by atoms with Crippen LogP contribution in [0.25, 0.3) is 0 Å². The molecule has 174 valence electrons. The fraction of sp³-hybridized carbons (Fsp3) is 0.348. The number of carbonyl (C=O) groups excluding carboxylic acids is 2. The van der Waals surface area contributed by atoms with Gasteiger partial charge in [0.1, 0.15) is 22.8 Å². The van der Waals surface area contributed by atoms with E-state index in [2.05, 4.69) is 5.32 Å². The number of amides is 2. The zero-order valence-corrected chi connectivity index (χ0v) is 17.7. The number of fused-ring (bicyclic) bond motifs is 4. The summed E-state index contributed by atoms with van der Waals surface area (Å²) in [5.41, 5.74) is -5.18. The molecule has 2 amide bonds. The van der Waals surface area contributed by atoms with E-state index in [0.29, 0.717) is 5.56 Å². The van der Waals surface area contributed by atoms with Gasteiger partial charge in [-0.3, -0.25) is 14.4 Å². The maximum Gasteiger partial charge on any atom is 0.275 e. The molecule has 2 aliphatic rings. The molecule has 3 heterocycles. The van der Waals surface area contributed by atoms with Gasteiger partial charge < -0.3 is 25.0 Å². The molecule has 8 nitrogen and oxygen atoms in total. The highest BCUT2D eigenvalue weighted by atomic mass is 19.1. The Bertz CT molecular complexity index is 1350. The van der Waals surface area contributed by atoms with Crippen LogP contribution in [0.2, 0.25) is 0 Å². The van der Waals surface area contributed by atoms with Crippen LogP contribution < -0.4 is 10.7 Å². The van der Waals surface area contributed by atoms with E-state index in [1.807, 2.05) is 0 Å². The Balaban J connectivity index is 1.80. The summed E-state index contributed by atoms with van der Waals surface area (Å²) in [4.78, 5) is 39.9. The highest BCUT2D eigenvalue weighted by Crippen LogP contribution is 2.36. The third-order valence-electron chi connectivity index (χ3n) is 5.96. The number of rotatable bonds is 3. The summed E-state index contributed by atoms with van der Waals surface area (Å²) in [6, 6.07) is 0.0704. The van der Waals surface area contributed by atoms with Crippen LogP contribution in [0.4, 0.5) is 8.78 Å². The lowest BCUT2D eigenvalue weighted by Gasteiger charge is -2.41. The number of pyridine rings is 1. The van der Waals surface area contributed by atoms with Crippen LogP contribution >= 0.6 is 0 Å². The van der Waals surface area contributed by atoms with E-state index < -0.39 is 82.5 Å². The van der Waals surface area contributed by atoms with Gasteiger partial charge in [0.15, 0.2) is 11.4 Å². The maximum absolute atomic E-state index is 14.2.